The van der Waals surface area contributed by atoms with E-state index in [2.05, 4.69) is 10.1 Å². The summed E-state index contributed by atoms with van der Waals surface area (Å²) in [5.41, 5.74) is 0.379. The minimum atomic E-state index is -0.820. The van der Waals surface area contributed by atoms with Crippen molar-refractivity contribution in [2.45, 2.75) is 13.0 Å². The number of anilines is 1. The number of halogens is 2. The van der Waals surface area contributed by atoms with Crippen molar-refractivity contribution in [3.8, 4) is 5.75 Å². The molecule has 0 aliphatic carbocycles. The largest absolute Gasteiger partial charge is 0.479 e. The van der Waals surface area contributed by atoms with Gasteiger partial charge in [-0.1, -0.05) is 23.2 Å². The monoisotopic (exact) mass is 373 g/mol. The van der Waals surface area contributed by atoms with Crippen LogP contribution < -0.4 is 10.1 Å². The van der Waals surface area contributed by atoms with Crippen LogP contribution in [0.25, 0.3) is 0 Å². The highest BCUT2D eigenvalue weighted by Crippen LogP contribution is 2.29. The molecule has 1 aromatic carbocycles. The minimum absolute atomic E-state index is 0.308. The highest BCUT2D eigenvalue weighted by molar-refractivity contribution is 7.12. The first kappa shape index (κ1) is 17.6. The van der Waals surface area contributed by atoms with E-state index in [4.69, 9.17) is 27.9 Å². The molecular formula is C15H13Cl2NO4S. The lowest BCUT2D eigenvalue weighted by molar-refractivity contribution is -0.122. The molecule has 2 rings (SSSR count). The van der Waals surface area contributed by atoms with Crippen molar-refractivity contribution in [3.05, 3.63) is 44.6 Å². The third-order valence-electron chi connectivity index (χ3n) is 2.86. The van der Waals surface area contributed by atoms with Gasteiger partial charge in [-0.2, -0.15) is 0 Å². The zero-order valence-corrected chi connectivity index (χ0v) is 14.6. The molecule has 0 saturated carbocycles. The number of rotatable bonds is 5. The summed E-state index contributed by atoms with van der Waals surface area (Å²) in [6.45, 7) is 1.57. The molecule has 0 bridgehead atoms. The van der Waals surface area contributed by atoms with Crippen LogP contribution in [0.5, 0.6) is 5.75 Å². The maximum absolute atomic E-state index is 12.2. The number of esters is 1. The van der Waals surface area contributed by atoms with Crippen LogP contribution in [0.1, 0.15) is 16.6 Å². The van der Waals surface area contributed by atoms with E-state index in [1.807, 2.05) is 0 Å². The zero-order chi connectivity index (χ0) is 17.0. The minimum Gasteiger partial charge on any atom is -0.479 e. The number of hydrogen-bond acceptors (Lipinski definition) is 5. The van der Waals surface area contributed by atoms with E-state index in [-0.39, 0.29) is 0 Å². The van der Waals surface area contributed by atoms with Crippen molar-refractivity contribution >= 4 is 52.1 Å². The Hall–Kier alpha value is -1.76. The molecule has 0 spiro atoms. The first-order valence-electron chi connectivity index (χ1n) is 6.50. The van der Waals surface area contributed by atoms with Crippen LogP contribution in [0.15, 0.2) is 29.6 Å². The van der Waals surface area contributed by atoms with E-state index >= 15 is 0 Å². The summed E-state index contributed by atoms with van der Waals surface area (Å²) in [5.74, 6) is -0.582. The summed E-state index contributed by atoms with van der Waals surface area (Å²) in [5, 5.41) is 5.10. The van der Waals surface area contributed by atoms with Gasteiger partial charge >= 0.3 is 5.97 Å². The van der Waals surface area contributed by atoms with Gasteiger partial charge in [0.15, 0.2) is 6.10 Å². The maximum atomic E-state index is 12.2. The van der Waals surface area contributed by atoms with Crippen LogP contribution in [0.4, 0.5) is 5.69 Å². The lowest BCUT2D eigenvalue weighted by Crippen LogP contribution is -2.30. The third kappa shape index (κ3) is 4.37. The second kappa shape index (κ2) is 7.68. The van der Waals surface area contributed by atoms with Crippen LogP contribution in [0.2, 0.25) is 10.0 Å². The van der Waals surface area contributed by atoms with Gasteiger partial charge in [0.2, 0.25) is 0 Å². The lowest BCUT2D eigenvalue weighted by atomic mass is 10.3. The van der Waals surface area contributed by atoms with Gasteiger partial charge in [0.05, 0.1) is 17.8 Å². The number of ether oxygens (including phenoxy) is 2. The van der Waals surface area contributed by atoms with Crippen LogP contribution in [0, 0.1) is 0 Å². The van der Waals surface area contributed by atoms with Crippen molar-refractivity contribution in [1.29, 1.82) is 0 Å². The molecule has 0 radical (unpaired) electrons. The molecule has 122 valence electrons. The average Bonchev–Trinajstić information content (AvgIpc) is 2.97. The summed E-state index contributed by atoms with van der Waals surface area (Å²) in [4.78, 5) is 24.1. The Morgan fingerprint density at radius 1 is 1.26 bits per heavy atom. The second-order valence-corrected chi connectivity index (χ2v) is 6.24. The van der Waals surface area contributed by atoms with E-state index < -0.39 is 18.0 Å². The fourth-order valence-electron chi connectivity index (χ4n) is 1.71. The Bertz CT molecular complexity index is 732. The SMILES string of the molecule is COC(=O)c1sccc1NC(=O)[C@@H](C)Oc1ccc(Cl)cc1Cl. The number of amides is 1. The Kier molecular flexibility index (Phi) is 5.87. The normalized spacial score (nSPS) is 11.7. The first-order chi connectivity index (χ1) is 10.9. The number of nitrogens with one attached hydrogen (secondary N) is 1. The maximum Gasteiger partial charge on any atom is 0.350 e. The standard InChI is InChI=1S/C15H13Cl2NO4S/c1-8(22-12-4-3-9(16)7-10(12)17)14(19)18-11-5-6-23-13(11)15(20)21-2/h3-8H,1-2H3,(H,18,19)/t8-/m1/s1. The molecule has 1 amide bonds. The van der Waals surface area contributed by atoms with E-state index in [0.29, 0.717) is 26.4 Å². The lowest BCUT2D eigenvalue weighted by Gasteiger charge is -2.15. The van der Waals surface area contributed by atoms with Crippen molar-refractivity contribution in [2.75, 3.05) is 12.4 Å². The molecule has 23 heavy (non-hydrogen) atoms. The number of benzene rings is 1. The molecule has 5 nitrogen and oxygen atoms in total. The van der Waals surface area contributed by atoms with E-state index in [1.165, 1.54) is 24.5 Å². The van der Waals surface area contributed by atoms with Gasteiger partial charge in [-0.05, 0) is 36.6 Å². The summed E-state index contributed by atoms with van der Waals surface area (Å²) >= 11 is 13.0. The Labute approximate surface area is 147 Å². The number of hydrogen-bond donors (Lipinski definition) is 1. The predicted octanol–water partition coefficient (Wildman–Crippen LogP) is 4.25. The molecule has 1 atom stereocenters. The summed E-state index contributed by atoms with van der Waals surface area (Å²) in [7, 11) is 1.28. The van der Waals surface area contributed by atoms with Gasteiger partial charge in [-0.3, -0.25) is 4.79 Å². The van der Waals surface area contributed by atoms with Gasteiger partial charge in [-0.15, -0.1) is 11.3 Å². The molecule has 0 saturated heterocycles. The summed E-state index contributed by atoms with van der Waals surface area (Å²) in [6.07, 6.45) is -0.820. The van der Waals surface area contributed by atoms with Gasteiger partial charge in [0, 0.05) is 5.02 Å². The van der Waals surface area contributed by atoms with E-state index in [9.17, 15) is 9.59 Å². The molecule has 1 N–H and O–H groups in total. The Balaban J connectivity index is 2.06. The van der Waals surface area contributed by atoms with E-state index in [0.717, 1.165) is 0 Å². The molecule has 1 heterocycles. The second-order valence-electron chi connectivity index (χ2n) is 4.48. The van der Waals surface area contributed by atoms with Crippen molar-refractivity contribution in [1.82, 2.24) is 0 Å². The topological polar surface area (TPSA) is 64.6 Å². The van der Waals surface area contributed by atoms with Crippen LogP contribution in [0.3, 0.4) is 0 Å². The first-order valence-corrected chi connectivity index (χ1v) is 8.14. The zero-order valence-electron chi connectivity index (χ0n) is 12.3. The summed E-state index contributed by atoms with van der Waals surface area (Å²) in [6, 6.07) is 6.34. The molecule has 8 heteroatoms. The molecule has 1 aromatic heterocycles. The highest BCUT2D eigenvalue weighted by atomic mass is 35.5. The number of thiophene rings is 1. The van der Waals surface area contributed by atoms with Gasteiger partial charge in [0.1, 0.15) is 10.6 Å². The quantitative estimate of drug-likeness (QED) is 0.795. The third-order valence-corrected chi connectivity index (χ3v) is 4.29. The smallest absolute Gasteiger partial charge is 0.350 e. The highest BCUT2D eigenvalue weighted by Gasteiger charge is 2.20. The van der Waals surface area contributed by atoms with Crippen molar-refractivity contribution in [2.24, 2.45) is 0 Å². The van der Waals surface area contributed by atoms with Crippen molar-refractivity contribution in [3.63, 3.8) is 0 Å². The molecule has 2 aromatic rings. The Morgan fingerprint density at radius 2 is 2.00 bits per heavy atom. The fraction of sp³-hybridized carbons (Fsp3) is 0.200. The van der Waals surface area contributed by atoms with Crippen LogP contribution >= 0.6 is 34.5 Å². The van der Waals surface area contributed by atoms with Crippen LogP contribution in [-0.4, -0.2) is 25.1 Å². The van der Waals surface area contributed by atoms with Gasteiger partial charge in [0.25, 0.3) is 5.91 Å². The van der Waals surface area contributed by atoms with E-state index in [1.54, 1.807) is 30.5 Å². The predicted molar refractivity (Wildman–Crippen MR) is 90.8 cm³/mol. The Morgan fingerprint density at radius 3 is 2.65 bits per heavy atom. The number of carbonyl (C=O) groups excluding carboxylic acids is 2. The molecule has 0 fully saturated rings. The number of methoxy groups -OCH3 is 1. The fourth-order valence-corrected chi connectivity index (χ4v) is 2.93. The summed E-state index contributed by atoms with van der Waals surface area (Å²) < 4.78 is 10.2. The molecule has 0 aliphatic heterocycles. The molecular weight excluding hydrogens is 361 g/mol. The number of carbonyl (C=O) groups is 2. The average molecular weight is 374 g/mol. The van der Waals surface area contributed by atoms with Crippen LogP contribution in [-0.2, 0) is 9.53 Å². The van der Waals surface area contributed by atoms with Crippen molar-refractivity contribution < 1.29 is 19.1 Å². The molecule has 0 unspecified atom stereocenters. The molecule has 0 aliphatic rings. The van der Waals surface area contributed by atoms with Gasteiger partial charge < -0.3 is 14.8 Å². The van der Waals surface area contributed by atoms with Gasteiger partial charge in [-0.25, -0.2) is 4.79 Å².